The molecule has 3 rings (SSSR count). The van der Waals surface area contributed by atoms with Gasteiger partial charge in [0.25, 0.3) is 5.91 Å². The van der Waals surface area contributed by atoms with Crippen LogP contribution in [0.2, 0.25) is 0 Å². The van der Waals surface area contributed by atoms with E-state index in [0.29, 0.717) is 16.9 Å². The minimum absolute atomic E-state index is 0.0843. The standard InChI is InChI=1S/C19H17N5O3S/c1-12-3-8-16(28(2,26)27)9-17(12)19(25)23-14-4-6-15(7-5-14)24-18(21)13(10-20)11-22-24/h3-9,11H,21H2,1-2H3,(H,23,25). The lowest BCUT2D eigenvalue weighted by Gasteiger charge is -2.10. The summed E-state index contributed by atoms with van der Waals surface area (Å²) in [6.07, 6.45) is 2.47. The first-order chi connectivity index (χ1) is 13.2. The molecule has 3 N–H and O–H groups in total. The van der Waals surface area contributed by atoms with Crippen molar-refractivity contribution in [3.05, 3.63) is 65.4 Å². The normalized spacial score (nSPS) is 11.0. The number of carbonyl (C=O) groups excluding carboxylic acids is 1. The Morgan fingerprint density at radius 3 is 2.46 bits per heavy atom. The Morgan fingerprint density at radius 1 is 1.21 bits per heavy atom. The summed E-state index contributed by atoms with van der Waals surface area (Å²) < 4.78 is 24.9. The quantitative estimate of drug-likeness (QED) is 0.697. The van der Waals surface area contributed by atoms with Gasteiger partial charge in [-0.3, -0.25) is 4.79 Å². The molecule has 2 aromatic carbocycles. The number of amides is 1. The number of nitriles is 1. The van der Waals surface area contributed by atoms with Crippen molar-refractivity contribution in [2.45, 2.75) is 11.8 Å². The number of anilines is 2. The maximum absolute atomic E-state index is 12.6. The van der Waals surface area contributed by atoms with E-state index in [4.69, 9.17) is 11.0 Å². The number of nitrogen functional groups attached to an aromatic ring is 1. The van der Waals surface area contributed by atoms with E-state index in [0.717, 1.165) is 6.26 Å². The number of nitrogens with one attached hydrogen (secondary N) is 1. The minimum Gasteiger partial charge on any atom is -0.382 e. The van der Waals surface area contributed by atoms with Gasteiger partial charge in [0.15, 0.2) is 9.84 Å². The highest BCUT2D eigenvalue weighted by atomic mass is 32.2. The zero-order valence-corrected chi connectivity index (χ0v) is 16.0. The topological polar surface area (TPSA) is 131 Å². The second kappa shape index (κ2) is 7.17. The fourth-order valence-corrected chi connectivity index (χ4v) is 3.26. The lowest BCUT2D eigenvalue weighted by Crippen LogP contribution is -2.14. The molecule has 1 amide bonds. The molecule has 0 bridgehead atoms. The molecular weight excluding hydrogens is 378 g/mol. The van der Waals surface area contributed by atoms with Gasteiger partial charge >= 0.3 is 0 Å². The van der Waals surface area contributed by atoms with Crippen molar-refractivity contribution in [2.75, 3.05) is 17.3 Å². The third-order valence-electron chi connectivity index (χ3n) is 4.18. The van der Waals surface area contributed by atoms with Crippen molar-refractivity contribution in [1.82, 2.24) is 9.78 Å². The van der Waals surface area contributed by atoms with Gasteiger partial charge in [0, 0.05) is 17.5 Å². The van der Waals surface area contributed by atoms with E-state index < -0.39 is 15.7 Å². The molecule has 28 heavy (non-hydrogen) atoms. The summed E-state index contributed by atoms with van der Waals surface area (Å²) in [5.74, 6) is -0.186. The Balaban J connectivity index is 1.84. The van der Waals surface area contributed by atoms with Crippen LogP contribution >= 0.6 is 0 Å². The molecule has 0 aliphatic rings. The highest BCUT2D eigenvalue weighted by Crippen LogP contribution is 2.20. The van der Waals surface area contributed by atoms with E-state index >= 15 is 0 Å². The molecule has 0 spiro atoms. The Hall–Kier alpha value is -3.64. The second-order valence-corrected chi connectivity index (χ2v) is 8.23. The molecule has 0 saturated carbocycles. The Bertz CT molecular complexity index is 1210. The Labute approximate surface area is 162 Å². The molecule has 0 unspecified atom stereocenters. The number of sulfone groups is 1. The monoisotopic (exact) mass is 395 g/mol. The van der Waals surface area contributed by atoms with Gasteiger partial charge in [-0.15, -0.1) is 0 Å². The number of nitrogens with two attached hydrogens (primary N) is 1. The predicted molar refractivity (Wildman–Crippen MR) is 105 cm³/mol. The van der Waals surface area contributed by atoms with Crippen molar-refractivity contribution >= 4 is 27.2 Å². The average molecular weight is 395 g/mol. The Morgan fingerprint density at radius 2 is 1.89 bits per heavy atom. The van der Waals surface area contributed by atoms with E-state index in [2.05, 4.69) is 10.4 Å². The van der Waals surface area contributed by atoms with E-state index in [9.17, 15) is 13.2 Å². The Kier molecular flexibility index (Phi) is 4.90. The summed E-state index contributed by atoms with van der Waals surface area (Å²) in [5.41, 5.74) is 8.23. The number of benzene rings is 2. The summed E-state index contributed by atoms with van der Waals surface area (Å²) in [6.45, 7) is 1.73. The first-order valence-electron chi connectivity index (χ1n) is 8.17. The van der Waals surface area contributed by atoms with Gasteiger partial charge in [-0.2, -0.15) is 10.4 Å². The van der Waals surface area contributed by atoms with Crippen LogP contribution in [-0.2, 0) is 9.84 Å². The number of rotatable bonds is 4. The van der Waals surface area contributed by atoms with Crippen LogP contribution in [0.5, 0.6) is 0 Å². The maximum atomic E-state index is 12.6. The average Bonchev–Trinajstić information content (AvgIpc) is 3.02. The van der Waals surface area contributed by atoms with E-state index in [1.54, 1.807) is 37.3 Å². The minimum atomic E-state index is -3.41. The number of carbonyl (C=O) groups is 1. The summed E-state index contributed by atoms with van der Waals surface area (Å²) in [5, 5.41) is 15.8. The van der Waals surface area contributed by atoms with Gasteiger partial charge in [0.2, 0.25) is 0 Å². The molecular formula is C19H17N5O3S. The van der Waals surface area contributed by atoms with E-state index in [1.807, 2.05) is 6.07 Å². The molecule has 3 aromatic rings. The van der Waals surface area contributed by atoms with Crippen LogP contribution in [0.1, 0.15) is 21.5 Å². The van der Waals surface area contributed by atoms with Crippen molar-refractivity contribution < 1.29 is 13.2 Å². The zero-order chi connectivity index (χ0) is 20.5. The summed E-state index contributed by atoms with van der Waals surface area (Å²) >= 11 is 0. The molecule has 0 aliphatic heterocycles. The van der Waals surface area contributed by atoms with Crippen LogP contribution in [0, 0.1) is 18.3 Å². The molecule has 9 heteroatoms. The molecule has 0 saturated heterocycles. The van der Waals surface area contributed by atoms with Gasteiger partial charge < -0.3 is 11.1 Å². The lowest BCUT2D eigenvalue weighted by atomic mass is 10.1. The van der Waals surface area contributed by atoms with Crippen molar-refractivity contribution in [3.63, 3.8) is 0 Å². The van der Waals surface area contributed by atoms with Gasteiger partial charge in [0.05, 0.1) is 16.8 Å². The molecule has 8 nitrogen and oxygen atoms in total. The van der Waals surface area contributed by atoms with Crippen LogP contribution in [0.4, 0.5) is 11.5 Å². The fraction of sp³-hybridized carbons (Fsp3) is 0.105. The number of hydrogen-bond donors (Lipinski definition) is 2. The molecule has 1 aromatic heterocycles. The zero-order valence-electron chi connectivity index (χ0n) is 15.2. The van der Waals surface area contributed by atoms with Crippen LogP contribution < -0.4 is 11.1 Å². The highest BCUT2D eigenvalue weighted by Gasteiger charge is 2.15. The third-order valence-corrected chi connectivity index (χ3v) is 5.29. The predicted octanol–water partition coefficient (Wildman–Crippen LogP) is 2.29. The van der Waals surface area contributed by atoms with Gasteiger partial charge in [-0.25, -0.2) is 13.1 Å². The SMILES string of the molecule is Cc1ccc(S(C)(=O)=O)cc1C(=O)Nc1ccc(-n2ncc(C#N)c2N)cc1. The smallest absolute Gasteiger partial charge is 0.255 e. The third kappa shape index (κ3) is 3.72. The first kappa shape index (κ1) is 19.1. The number of hydrogen-bond acceptors (Lipinski definition) is 6. The van der Waals surface area contributed by atoms with Gasteiger partial charge in [-0.1, -0.05) is 6.07 Å². The first-order valence-corrected chi connectivity index (χ1v) is 10.1. The lowest BCUT2D eigenvalue weighted by molar-refractivity contribution is 0.102. The molecule has 0 atom stereocenters. The van der Waals surface area contributed by atoms with Gasteiger partial charge in [0.1, 0.15) is 17.5 Å². The fourth-order valence-electron chi connectivity index (χ4n) is 2.61. The van der Waals surface area contributed by atoms with Crippen LogP contribution in [-0.4, -0.2) is 30.4 Å². The van der Waals surface area contributed by atoms with Crippen molar-refractivity contribution in [1.29, 1.82) is 5.26 Å². The van der Waals surface area contributed by atoms with Gasteiger partial charge in [-0.05, 0) is 48.9 Å². The number of aryl methyl sites for hydroxylation is 1. The molecule has 1 heterocycles. The summed E-state index contributed by atoms with van der Waals surface area (Å²) in [4.78, 5) is 12.7. The van der Waals surface area contributed by atoms with Crippen LogP contribution in [0.3, 0.4) is 0 Å². The molecule has 0 radical (unpaired) electrons. The van der Waals surface area contributed by atoms with E-state index in [1.165, 1.54) is 23.0 Å². The molecule has 0 aliphatic carbocycles. The number of aromatic nitrogens is 2. The molecule has 142 valence electrons. The number of nitrogens with zero attached hydrogens (tertiary/aromatic N) is 3. The summed E-state index contributed by atoms with van der Waals surface area (Å²) in [6, 6.07) is 13.1. The van der Waals surface area contributed by atoms with E-state index in [-0.39, 0.29) is 21.8 Å². The van der Waals surface area contributed by atoms with Crippen LogP contribution in [0.15, 0.2) is 53.6 Å². The van der Waals surface area contributed by atoms with Crippen molar-refractivity contribution in [2.24, 2.45) is 0 Å². The maximum Gasteiger partial charge on any atom is 0.255 e. The van der Waals surface area contributed by atoms with Crippen LogP contribution in [0.25, 0.3) is 5.69 Å². The summed E-state index contributed by atoms with van der Waals surface area (Å²) in [7, 11) is -3.41. The second-order valence-electron chi connectivity index (χ2n) is 6.22. The van der Waals surface area contributed by atoms with Crippen molar-refractivity contribution in [3.8, 4) is 11.8 Å². The largest absolute Gasteiger partial charge is 0.382 e. The molecule has 0 fully saturated rings. The highest BCUT2D eigenvalue weighted by molar-refractivity contribution is 7.90.